The van der Waals surface area contributed by atoms with Crippen LogP contribution < -0.4 is 14.8 Å². The Morgan fingerprint density at radius 2 is 2.04 bits per heavy atom. The molecule has 0 fully saturated rings. The van der Waals surface area contributed by atoms with E-state index in [1.807, 2.05) is 30.5 Å². The fourth-order valence-electron chi connectivity index (χ4n) is 3.59. The van der Waals surface area contributed by atoms with Gasteiger partial charge in [-0.05, 0) is 48.1 Å². The molecule has 1 N–H and O–H groups in total. The standard InChI is InChI=1S/C21H22N4O2S/c1-26-16-7-8-19(27-2)17(13-16)23-21(28)25-12-11-24-10-4-6-18(24)20(25)15-5-3-9-22-14-15/h3-10,13-14,20H,11-12H2,1-2H3,(H,23,28)/t20-/m1/s1. The van der Waals surface area contributed by atoms with Crippen LogP contribution in [0.15, 0.2) is 61.1 Å². The van der Waals surface area contributed by atoms with Crippen molar-refractivity contribution in [3.05, 3.63) is 72.3 Å². The van der Waals surface area contributed by atoms with Crippen LogP contribution in [0, 0.1) is 0 Å². The summed E-state index contributed by atoms with van der Waals surface area (Å²) in [6.07, 6.45) is 5.79. The number of benzene rings is 1. The maximum Gasteiger partial charge on any atom is 0.174 e. The smallest absolute Gasteiger partial charge is 0.174 e. The van der Waals surface area contributed by atoms with Crippen molar-refractivity contribution in [1.82, 2.24) is 14.5 Å². The molecule has 7 heteroatoms. The Morgan fingerprint density at radius 1 is 1.14 bits per heavy atom. The van der Waals surface area contributed by atoms with Crippen molar-refractivity contribution in [2.75, 3.05) is 26.1 Å². The van der Waals surface area contributed by atoms with Gasteiger partial charge in [0.2, 0.25) is 0 Å². The number of nitrogens with zero attached hydrogens (tertiary/aromatic N) is 3. The summed E-state index contributed by atoms with van der Waals surface area (Å²) in [4.78, 5) is 6.50. The van der Waals surface area contributed by atoms with Crippen LogP contribution >= 0.6 is 12.2 Å². The molecule has 0 bridgehead atoms. The number of pyridine rings is 1. The molecule has 0 amide bonds. The first-order valence-corrected chi connectivity index (χ1v) is 9.46. The molecule has 6 nitrogen and oxygen atoms in total. The Morgan fingerprint density at radius 3 is 2.79 bits per heavy atom. The maximum atomic E-state index is 5.81. The van der Waals surface area contributed by atoms with E-state index < -0.39 is 0 Å². The number of anilines is 1. The van der Waals surface area contributed by atoms with Gasteiger partial charge in [0.25, 0.3) is 0 Å². The molecule has 0 saturated carbocycles. The number of methoxy groups -OCH3 is 2. The number of rotatable bonds is 4. The van der Waals surface area contributed by atoms with Gasteiger partial charge in [-0.1, -0.05) is 6.07 Å². The van der Waals surface area contributed by atoms with Crippen molar-refractivity contribution in [2.24, 2.45) is 0 Å². The molecule has 0 aliphatic carbocycles. The maximum absolute atomic E-state index is 5.81. The van der Waals surface area contributed by atoms with Gasteiger partial charge in [0.05, 0.1) is 25.9 Å². The molecule has 1 aliphatic rings. The molecule has 1 aliphatic heterocycles. The van der Waals surface area contributed by atoms with Crippen molar-refractivity contribution >= 4 is 23.0 Å². The number of aromatic nitrogens is 2. The van der Waals surface area contributed by atoms with Crippen LogP contribution in [-0.2, 0) is 6.54 Å². The fourth-order valence-corrected chi connectivity index (χ4v) is 3.90. The second kappa shape index (κ2) is 7.90. The topological polar surface area (TPSA) is 51.6 Å². The summed E-state index contributed by atoms with van der Waals surface area (Å²) in [5, 5.41) is 3.98. The van der Waals surface area contributed by atoms with Crippen LogP contribution in [0.3, 0.4) is 0 Å². The predicted molar refractivity (Wildman–Crippen MR) is 113 cm³/mol. The number of fused-ring (bicyclic) bond motifs is 1. The number of thiocarbonyl (C=S) groups is 1. The van der Waals surface area contributed by atoms with Gasteiger partial charge in [-0.15, -0.1) is 0 Å². The summed E-state index contributed by atoms with van der Waals surface area (Å²) in [5.74, 6) is 1.45. The van der Waals surface area contributed by atoms with Crippen molar-refractivity contribution in [3.8, 4) is 11.5 Å². The number of nitrogens with one attached hydrogen (secondary N) is 1. The van der Waals surface area contributed by atoms with Crippen LogP contribution in [0.5, 0.6) is 11.5 Å². The Kier molecular flexibility index (Phi) is 5.16. The van der Waals surface area contributed by atoms with E-state index in [9.17, 15) is 0 Å². The first-order valence-electron chi connectivity index (χ1n) is 9.06. The summed E-state index contributed by atoms with van der Waals surface area (Å²) in [7, 11) is 3.28. The van der Waals surface area contributed by atoms with E-state index in [-0.39, 0.29) is 6.04 Å². The van der Waals surface area contributed by atoms with Gasteiger partial charge in [-0.25, -0.2) is 0 Å². The summed E-state index contributed by atoms with van der Waals surface area (Å²) in [6.45, 7) is 1.66. The highest BCUT2D eigenvalue weighted by molar-refractivity contribution is 7.80. The lowest BCUT2D eigenvalue weighted by Gasteiger charge is -2.39. The molecular weight excluding hydrogens is 372 g/mol. The van der Waals surface area contributed by atoms with Gasteiger partial charge < -0.3 is 24.3 Å². The van der Waals surface area contributed by atoms with E-state index in [0.717, 1.165) is 30.1 Å². The lowest BCUT2D eigenvalue weighted by Crippen LogP contribution is -2.44. The van der Waals surface area contributed by atoms with Crippen molar-refractivity contribution in [2.45, 2.75) is 12.6 Å². The van der Waals surface area contributed by atoms with Gasteiger partial charge in [0.15, 0.2) is 5.11 Å². The predicted octanol–water partition coefficient (Wildman–Crippen LogP) is 3.70. The molecule has 0 unspecified atom stereocenters. The van der Waals surface area contributed by atoms with Gasteiger partial charge in [-0.2, -0.15) is 0 Å². The largest absolute Gasteiger partial charge is 0.497 e. The number of hydrogen-bond donors (Lipinski definition) is 1. The van der Waals surface area contributed by atoms with Gasteiger partial charge >= 0.3 is 0 Å². The Labute approximate surface area is 169 Å². The summed E-state index contributed by atoms with van der Waals surface area (Å²) < 4.78 is 13.1. The van der Waals surface area contributed by atoms with Crippen molar-refractivity contribution in [1.29, 1.82) is 0 Å². The minimum absolute atomic E-state index is 0.00551. The van der Waals surface area contributed by atoms with Crippen LogP contribution in [0.25, 0.3) is 0 Å². The third-order valence-corrected chi connectivity index (χ3v) is 5.28. The lowest BCUT2D eigenvalue weighted by atomic mass is 10.0. The minimum Gasteiger partial charge on any atom is -0.497 e. The molecule has 0 saturated heterocycles. The summed E-state index contributed by atoms with van der Waals surface area (Å²) >= 11 is 5.81. The van der Waals surface area contributed by atoms with Crippen LogP contribution in [0.4, 0.5) is 5.69 Å². The minimum atomic E-state index is -0.00551. The molecule has 2 aromatic heterocycles. The second-order valence-electron chi connectivity index (χ2n) is 6.51. The van der Waals surface area contributed by atoms with E-state index in [1.165, 1.54) is 5.69 Å². The van der Waals surface area contributed by atoms with E-state index in [4.69, 9.17) is 21.7 Å². The molecule has 3 aromatic rings. The molecule has 1 aromatic carbocycles. The van der Waals surface area contributed by atoms with Crippen molar-refractivity contribution in [3.63, 3.8) is 0 Å². The average molecular weight is 395 g/mol. The highest BCUT2D eigenvalue weighted by Gasteiger charge is 2.31. The molecule has 144 valence electrons. The third-order valence-electron chi connectivity index (χ3n) is 4.95. The lowest BCUT2D eigenvalue weighted by molar-refractivity contribution is 0.293. The zero-order valence-electron chi connectivity index (χ0n) is 15.8. The molecule has 0 radical (unpaired) electrons. The highest BCUT2D eigenvalue weighted by atomic mass is 32.1. The molecule has 1 atom stereocenters. The van der Waals surface area contributed by atoms with Crippen LogP contribution in [-0.4, -0.2) is 40.3 Å². The summed E-state index contributed by atoms with van der Waals surface area (Å²) in [5.41, 5.74) is 3.07. The fraction of sp³-hybridized carbons (Fsp3) is 0.238. The quantitative estimate of drug-likeness (QED) is 0.681. The highest BCUT2D eigenvalue weighted by Crippen LogP contribution is 2.34. The monoisotopic (exact) mass is 394 g/mol. The van der Waals surface area contributed by atoms with Gasteiger partial charge in [0, 0.05) is 43.4 Å². The second-order valence-corrected chi connectivity index (χ2v) is 6.89. The SMILES string of the molecule is COc1ccc(OC)c(NC(=S)N2CCn3cccc3[C@H]2c2cccnc2)c1. The third kappa shape index (κ3) is 3.41. The Balaban J connectivity index is 1.67. The van der Waals surface area contributed by atoms with E-state index >= 15 is 0 Å². The van der Waals surface area contributed by atoms with Crippen molar-refractivity contribution < 1.29 is 9.47 Å². The Bertz CT molecular complexity index is 974. The molecule has 28 heavy (non-hydrogen) atoms. The average Bonchev–Trinajstić information content (AvgIpc) is 3.22. The van der Waals surface area contributed by atoms with E-state index in [2.05, 4.69) is 44.2 Å². The van der Waals surface area contributed by atoms with E-state index in [1.54, 1.807) is 20.4 Å². The first kappa shape index (κ1) is 18.3. The summed E-state index contributed by atoms with van der Waals surface area (Å²) in [6, 6.07) is 13.9. The molecular formula is C21H22N4O2S. The zero-order valence-corrected chi connectivity index (χ0v) is 16.6. The van der Waals surface area contributed by atoms with Crippen LogP contribution in [0.1, 0.15) is 17.3 Å². The van der Waals surface area contributed by atoms with E-state index in [0.29, 0.717) is 10.9 Å². The molecule has 0 spiro atoms. The Hall–Kier alpha value is -3.06. The number of ether oxygens (including phenoxy) is 2. The molecule has 3 heterocycles. The number of hydrogen-bond acceptors (Lipinski definition) is 4. The first-order chi connectivity index (χ1) is 13.7. The zero-order chi connectivity index (χ0) is 19.5. The molecule has 4 rings (SSSR count). The normalized spacial score (nSPS) is 15.6. The van der Waals surface area contributed by atoms with Gasteiger partial charge in [-0.3, -0.25) is 4.98 Å². The van der Waals surface area contributed by atoms with Gasteiger partial charge in [0.1, 0.15) is 11.5 Å². The van der Waals surface area contributed by atoms with Crippen LogP contribution in [0.2, 0.25) is 0 Å².